The summed E-state index contributed by atoms with van der Waals surface area (Å²) in [5.74, 6) is 0.400. The predicted molar refractivity (Wildman–Crippen MR) is 141 cm³/mol. The summed E-state index contributed by atoms with van der Waals surface area (Å²) in [5, 5.41) is 14.0. The quantitative estimate of drug-likeness (QED) is 0.237. The van der Waals surface area contributed by atoms with Crippen LogP contribution in [0.3, 0.4) is 0 Å². The van der Waals surface area contributed by atoms with Crippen molar-refractivity contribution in [2.24, 2.45) is 0 Å². The van der Waals surface area contributed by atoms with Crippen molar-refractivity contribution in [3.8, 4) is 5.75 Å². The van der Waals surface area contributed by atoms with Gasteiger partial charge in [-0.05, 0) is 63.5 Å². The predicted octanol–water partition coefficient (Wildman–Crippen LogP) is 4.20. The molecule has 10 heteroatoms. The van der Waals surface area contributed by atoms with Gasteiger partial charge in [0.15, 0.2) is 5.76 Å². The Morgan fingerprint density at radius 3 is 2.35 bits per heavy atom. The lowest BCUT2D eigenvalue weighted by molar-refractivity contribution is 0.0919. The number of carbonyl (C=O) groups is 1. The zero-order valence-electron chi connectivity index (χ0n) is 20.8. The Kier molecular flexibility index (Phi) is 7.82. The molecule has 0 saturated heterocycles. The average Bonchev–Trinajstić information content (AvgIpc) is 3.24. The van der Waals surface area contributed by atoms with Crippen LogP contribution in [0.15, 0.2) is 82.1 Å². The molecule has 1 aromatic heterocycles. The Labute approximate surface area is 215 Å². The minimum absolute atomic E-state index is 0.0186. The Hall–Kier alpha value is -3.86. The molecule has 0 aliphatic heterocycles. The van der Waals surface area contributed by atoms with Gasteiger partial charge in [-0.2, -0.15) is 8.42 Å². The fourth-order valence-electron chi connectivity index (χ4n) is 3.79. The molecule has 0 radical (unpaired) electrons. The van der Waals surface area contributed by atoms with Gasteiger partial charge in [0, 0.05) is 17.5 Å². The Balaban J connectivity index is 1.34. The highest BCUT2D eigenvalue weighted by atomic mass is 32.2. The SMILES string of the molecule is Cc1ccc(S(=O)(=O)N(O)c2ccc(OCCNC(=O)c3oc4ccccc4c3CN(C)C)cc2)cc1. The number of nitrogens with zero attached hydrogens (tertiary/aromatic N) is 2. The zero-order valence-corrected chi connectivity index (χ0v) is 21.7. The summed E-state index contributed by atoms with van der Waals surface area (Å²) >= 11 is 0. The summed E-state index contributed by atoms with van der Waals surface area (Å²) in [6.45, 7) is 2.81. The third-order valence-electron chi connectivity index (χ3n) is 5.64. The van der Waals surface area contributed by atoms with E-state index in [-0.39, 0.29) is 39.9 Å². The summed E-state index contributed by atoms with van der Waals surface area (Å²) in [6, 6.07) is 19.7. The molecule has 3 aromatic carbocycles. The van der Waals surface area contributed by atoms with Gasteiger partial charge in [0.2, 0.25) is 0 Å². The molecular formula is C27H29N3O6S. The monoisotopic (exact) mass is 523 g/mol. The van der Waals surface area contributed by atoms with Crippen LogP contribution in [-0.4, -0.2) is 51.7 Å². The lowest BCUT2D eigenvalue weighted by atomic mass is 10.1. The molecule has 1 amide bonds. The molecule has 0 bridgehead atoms. The van der Waals surface area contributed by atoms with E-state index < -0.39 is 10.0 Å². The Morgan fingerprint density at radius 1 is 1.00 bits per heavy atom. The highest BCUT2D eigenvalue weighted by Gasteiger charge is 2.23. The molecule has 0 fully saturated rings. The molecule has 1 heterocycles. The number of rotatable bonds is 10. The van der Waals surface area contributed by atoms with E-state index >= 15 is 0 Å². The van der Waals surface area contributed by atoms with Gasteiger partial charge in [0.1, 0.15) is 17.9 Å². The Bertz CT molecular complexity index is 1480. The molecule has 0 atom stereocenters. The van der Waals surface area contributed by atoms with Crippen LogP contribution in [0.4, 0.5) is 5.69 Å². The van der Waals surface area contributed by atoms with Crippen molar-refractivity contribution < 1.29 is 27.6 Å². The van der Waals surface area contributed by atoms with E-state index in [0.717, 1.165) is 16.5 Å². The van der Waals surface area contributed by atoms with Crippen LogP contribution >= 0.6 is 0 Å². The van der Waals surface area contributed by atoms with Crippen LogP contribution in [0.5, 0.6) is 5.75 Å². The van der Waals surface area contributed by atoms with Crippen LogP contribution in [0, 0.1) is 6.92 Å². The molecule has 2 N–H and O–H groups in total. The lowest BCUT2D eigenvalue weighted by Crippen LogP contribution is -2.29. The minimum Gasteiger partial charge on any atom is -0.492 e. The van der Waals surface area contributed by atoms with Gasteiger partial charge in [-0.15, -0.1) is 4.47 Å². The summed E-state index contributed by atoms with van der Waals surface area (Å²) < 4.78 is 37.0. The molecule has 0 unspecified atom stereocenters. The second-order valence-corrected chi connectivity index (χ2v) is 10.6. The van der Waals surface area contributed by atoms with Crippen molar-refractivity contribution in [1.82, 2.24) is 10.2 Å². The lowest BCUT2D eigenvalue weighted by Gasteiger charge is -2.17. The largest absolute Gasteiger partial charge is 0.492 e. The molecule has 4 rings (SSSR count). The van der Waals surface area contributed by atoms with E-state index in [2.05, 4.69) is 5.32 Å². The Morgan fingerprint density at radius 2 is 1.68 bits per heavy atom. The maximum atomic E-state index is 12.8. The standard InChI is InChI=1S/C27H29N3O6S/c1-19-8-14-22(15-9-19)37(33,34)30(32)20-10-12-21(13-11-20)35-17-16-28-27(31)26-24(18-29(2)3)23-6-4-5-7-25(23)36-26/h4-15,32H,16-18H2,1-3H3,(H,28,31). The second kappa shape index (κ2) is 11.0. The number of sulfonamides is 1. The average molecular weight is 524 g/mol. The van der Waals surface area contributed by atoms with Crippen molar-refractivity contribution in [2.45, 2.75) is 18.4 Å². The molecule has 9 nitrogen and oxygen atoms in total. The third kappa shape index (κ3) is 5.93. The topological polar surface area (TPSA) is 112 Å². The van der Waals surface area contributed by atoms with E-state index in [9.17, 15) is 18.4 Å². The maximum Gasteiger partial charge on any atom is 0.287 e. The fraction of sp³-hybridized carbons (Fsp3) is 0.222. The van der Waals surface area contributed by atoms with Crippen LogP contribution in [0.2, 0.25) is 0 Å². The van der Waals surface area contributed by atoms with Crippen LogP contribution in [0.25, 0.3) is 11.0 Å². The first-order chi connectivity index (χ1) is 17.7. The molecule has 0 aliphatic carbocycles. The first-order valence-electron chi connectivity index (χ1n) is 11.6. The number of furan rings is 1. The molecule has 0 saturated carbocycles. The van der Waals surface area contributed by atoms with E-state index in [1.807, 2.05) is 50.2 Å². The molecular weight excluding hydrogens is 494 g/mol. The molecule has 4 aromatic rings. The van der Waals surface area contributed by atoms with Crippen LogP contribution in [0.1, 0.15) is 21.7 Å². The maximum absolute atomic E-state index is 12.8. The number of fused-ring (bicyclic) bond motifs is 1. The smallest absolute Gasteiger partial charge is 0.287 e. The van der Waals surface area contributed by atoms with E-state index in [0.29, 0.717) is 17.9 Å². The first kappa shape index (κ1) is 26.2. The van der Waals surface area contributed by atoms with E-state index in [1.165, 1.54) is 24.3 Å². The molecule has 0 spiro atoms. The zero-order chi connectivity index (χ0) is 26.6. The number of para-hydroxylation sites is 1. The number of anilines is 1. The van der Waals surface area contributed by atoms with Crippen molar-refractivity contribution in [1.29, 1.82) is 0 Å². The van der Waals surface area contributed by atoms with Crippen molar-refractivity contribution in [3.63, 3.8) is 0 Å². The van der Waals surface area contributed by atoms with Gasteiger partial charge in [0.25, 0.3) is 15.9 Å². The minimum atomic E-state index is -4.11. The van der Waals surface area contributed by atoms with E-state index in [4.69, 9.17) is 9.15 Å². The molecule has 37 heavy (non-hydrogen) atoms. The number of benzene rings is 3. The number of ether oxygens (including phenoxy) is 1. The normalized spacial score (nSPS) is 11.6. The van der Waals surface area contributed by atoms with Gasteiger partial charge in [-0.25, -0.2) is 0 Å². The summed E-state index contributed by atoms with van der Waals surface area (Å²) in [6.07, 6.45) is 0. The number of nitrogens with one attached hydrogen (secondary N) is 1. The van der Waals surface area contributed by atoms with Gasteiger partial charge in [0.05, 0.1) is 17.1 Å². The number of carbonyl (C=O) groups excluding carboxylic acids is 1. The first-order valence-corrected chi connectivity index (χ1v) is 13.1. The number of hydrogen-bond acceptors (Lipinski definition) is 7. The van der Waals surface area contributed by atoms with Crippen LogP contribution < -0.4 is 14.5 Å². The van der Waals surface area contributed by atoms with Gasteiger partial charge in [-0.1, -0.05) is 35.9 Å². The fourth-order valence-corrected chi connectivity index (χ4v) is 4.87. The third-order valence-corrected chi connectivity index (χ3v) is 7.17. The number of aryl methyl sites for hydroxylation is 1. The van der Waals surface area contributed by atoms with Crippen LogP contribution in [-0.2, 0) is 16.6 Å². The van der Waals surface area contributed by atoms with Crippen molar-refractivity contribution in [2.75, 3.05) is 31.7 Å². The summed E-state index contributed by atoms with van der Waals surface area (Å²) in [4.78, 5) is 14.8. The second-order valence-electron chi connectivity index (χ2n) is 8.80. The van der Waals surface area contributed by atoms with Crippen molar-refractivity contribution in [3.05, 3.63) is 89.7 Å². The van der Waals surface area contributed by atoms with Gasteiger partial charge in [-0.3, -0.25) is 10.0 Å². The summed E-state index contributed by atoms with van der Waals surface area (Å²) in [5.41, 5.74) is 2.46. The van der Waals surface area contributed by atoms with Gasteiger partial charge < -0.3 is 19.4 Å². The van der Waals surface area contributed by atoms with Gasteiger partial charge >= 0.3 is 0 Å². The summed E-state index contributed by atoms with van der Waals surface area (Å²) in [7, 11) is -0.257. The van der Waals surface area contributed by atoms with E-state index in [1.54, 1.807) is 24.3 Å². The molecule has 0 aliphatic rings. The highest BCUT2D eigenvalue weighted by Crippen LogP contribution is 2.27. The van der Waals surface area contributed by atoms with Crippen molar-refractivity contribution >= 4 is 32.6 Å². The molecule has 194 valence electrons. The number of amides is 1. The number of hydrogen-bond donors (Lipinski definition) is 2. The highest BCUT2D eigenvalue weighted by molar-refractivity contribution is 7.92.